The molecule has 3 heterocycles. The molecule has 15 nitrogen and oxygen atoms in total. The lowest BCUT2D eigenvalue weighted by atomic mass is 10.1. The largest absolute Gasteiger partial charge is 0.481 e. The summed E-state index contributed by atoms with van der Waals surface area (Å²) in [5.74, 6) is 0. The summed E-state index contributed by atoms with van der Waals surface area (Å²) in [5.41, 5.74) is -0.0322. The van der Waals surface area contributed by atoms with Crippen LogP contribution in [0, 0.1) is 0 Å². The summed E-state index contributed by atoms with van der Waals surface area (Å²) < 4.78 is 37.6. The lowest BCUT2D eigenvalue weighted by molar-refractivity contribution is -0.0547. The van der Waals surface area contributed by atoms with Crippen molar-refractivity contribution >= 4 is 26.5 Å². The highest BCUT2D eigenvalue weighted by molar-refractivity contribution is 7.60. The second-order valence-electron chi connectivity index (χ2n) is 7.67. The number of aliphatic hydroxyl groups is 2. The van der Waals surface area contributed by atoms with Crippen molar-refractivity contribution in [2.75, 3.05) is 6.61 Å². The van der Waals surface area contributed by atoms with Crippen molar-refractivity contribution in [3.63, 3.8) is 0 Å². The summed E-state index contributed by atoms with van der Waals surface area (Å²) >= 11 is 0. The molecule has 1 saturated heterocycles. The molecule has 2 aromatic heterocycles. The van der Waals surface area contributed by atoms with Crippen LogP contribution in [0.1, 0.15) is 11.8 Å². The molecule has 190 valence electrons. The Hall–Kier alpha value is -2.42. The number of rotatable bonds is 8. The molecule has 0 amide bonds. The average molecular weight is 533 g/mol. The first-order valence-corrected chi connectivity index (χ1v) is 13.0. The van der Waals surface area contributed by atoms with Crippen LogP contribution in [0.5, 0.6) is 0 Å². The van der Waals surface area contributed by atoms with Gasteiger partial charge in [0.1, 0.15) is 18.3 Å². The summed E-state index contributed by atoms with van der Waals surface area (Å²) in [5, 5.41) is 21.5. The number of hydrogen-bond donors (Lipinski definition) is 6. The van der Waals surface area contributed by atoms with E-state index in [1.54, 1.807) is 12.3 Å². The van der Waals surface area contributed by atoms with Gasteiger partial charge in [0.15, 0.2) is 6.23 Å². The van der Waals surface area contributed by atoms with E-state index in [2.05, 4.69) is 13.8 Å². The lowest BCUT2D eigenvalue weighted by Crippen LogP contribution is -2.43. The fraction of sp³-hybridized carbons (Fsp3) is 0.333. The second kappa shape index (κ2) is 9.56. The van der Waals surface area contributed by atoms with Crippen molar-refractivity contribution in [2.24, 2.45) is 0 Å². The van der Waals surface area contributed by atoms with Crippen LogP contribution in [0.3, 0.4) is 0 Å². The van der Waals surface area contributed by atoms with Gasteiger partial charge in [0, 0.05) is 29.4 Å². The Kier molecular flexibility index (Phi) is 7.01. The fourth-order valence-electron chi connectivity index (χ4n) is 3.73. The molecular weight excluding hydrogens is 512 g/mol. The summed E-state index contributed by atoms with van der Waals surface area (Å²) in [7, 11) is -10.6. The number of fused-ring (bicyclic) bond motifs is 1. The molecule has 0 spiro atoms. The van der Waals surface area contributed by atoms with Gasteiger partial charge in [-0.3, -0.25) is 18.5 Å². The Balaban J connectivity index is 1.56. The predicted molar refractivity (Wildman–Crippen MR) is 117 cm³/mol. The molecular formula is C18H21N3O12P2. The van der Waals surface area contributed by atoms with Crippen molar-refractivity contribution in [1.82, 2.24) is 14.1 Å². The standard InChI is InChI=1S/C18H21N3O12P2/c22-14-5-6-20(18(25)21(14)8-10-7-19-12-4-2-1-3-11(10)12)17-16(24)15(23)13(32-17)9-31-35(29,30)33-34(26,27)28/h1-7,13,15-17,19,23-24H,8-9H2,(H,29,30)(H2,26,27,28)/t13-,15+,16?,17-/m1/s1. The first-order chi connectivity index (χ1) is 16.4. The van der Waals surface area contributed by atoms with Gasteiger partial charge in [0.05, 0.1) is 13.2 Å². The van der Waals surface area contributed by atoms with Crippen LogP contribution in [0.4, 0.5) is 0 Å². The Bertz CT molecular complexity index is 1440. The Morgan fingerprint density at radius 2 is 1.77 bits per heavy atom. The second-order valence-corrected chi connectivity index (χ2v) is 10.5. The fourth-order valence-corrected chi connectivity index (χ4v) is 5.32. The maximum Gasteiger partial charge on any atom is 0.481 e. The van der Waals surface area contributed by atoms with Crippen molar-refractivity contribution < 1.29 is 47.6 Å². The third-order valence-corrected chi connectivity index (χ3v) is 7.47. The monoisotopic (exact) mass is 533 g/mol. The molecule has 35 heavy (non-hydrogen) atoms. The van der Waals surface area contributed by atoms with E-state index in [4.69, 9.17) is 14.5 Å². The van der Waals surface area contributed by atoms with E-state index >= 15 is 0 Å². The number of benzene rings is 1. The number of phosphoric ester groups is 1. The van der Waals surface area contributed by atoms with E-state index < -0.39 is 58.0 Å². The molecule has 0 saturated carbocycles. The smallest absolute Gasteiger partial charge is 0.387 e. The molecule has 1 aromatic carbocycles. The number of nitrogens with zero attached hydrogens (tertiary/aromatic N) is 2. The Morgan fingerprint density at radius 1 is 1.06 bits per heavy atom. The van der Waals surface area contributed by atoms with Gasteiger partial charge in [-0.15, -0.1) is 0 Å². The third-order valence-electron chi connectivity index (χ3n) is 5.32. The van der Waals surface area contributed by atoms with E-state index in [1.165, 1.54) is 0 Å². The molecule has 4 rings (SSSR count). The topological polar surface area (TPSA) is 223 Å². The number of aromatic amines is 1. The van der Waals surface area contributed by atoms with Crippen LogP contribution in [0.15, 0.2) is 52.3 Å². The molecule has 17 heteroatoms. The van der Waals surface area contributed by atoms with Crippen LogP contribution in [0.2, 0.25) is 0 Å². The number of aromatic nitrogens is 3. The zero-order chi connectivity index (χ0) is 25.5. The summed E-state index contributed by atoms with van der Waals surface area (Å²) in [4.78, 5) is 55.2. The van der Waals surface area contributed by atoms with E-state index in [-0.39, 0.29) is 6.54 Å². The maximum absolute atomic E-state index is 13.1. The van der Waals surface area contributed by atoms with Crippen LogP contribution in [-0.4, -0.2) is 63.9 Å². The van der Waals surface area contributed by atoms with Gasteiger partial charge in [0.2, 0.25) is 0 Å². The number of phosphoric acid groups is 2. The van der Waals surface area contributed by atoms with Crippen LogP contribution in [0.25, 0.3) is 10.9 Å². The highest BCUT2D eigenvalue weighted by Crippen LogP contribution is 2.57. The third kappa shape index (κ3) is 5.55. The summed E-state index contributed by atoms with van der Waals surface area (Å²) in [6, 6.07) is 8.33. The Labute approximate surface area is 195 Å². The maximum atomic E-state index is 13.1. The number of ether oxygens (including phenoxy) is 1. The molecule has 1 fully saturated rings. The first kappa shape index (κ1) is 25.7. The minimum absolute atomic E-state index is 0.103. The van der Waals surface area contributed by atoms with Gasteiger partial charge in [0.25, 0.3) is 5.56 Å². The van der Waals surface area contributed by atoms with Gasteiger partial charge in [-0.1, -0.05) is 18.2 Å². The minimum Gasteiger partial charge on any atom is -0.387 e. The highest BCUT2D eigenvalue weighted by atomic mass is 31.3. The SMILES string of the molecule is O=c1ccn([C@@H]2O[C@H](COP(=O)(O)OP(=O)(O)O)[C@H](O)C2O)c(=O)n1Cc1c[nH]c2ccccc12. The van der Waals surface area contributed by atoms with Gasteiger partial charge in [-0.05, 0) is 11.6 Å². The number of hydrogen-bond acceptors (Lipinski definition) is 9. The van der Waals surface area contributed by atoms with Gasteiger partial charge in [-0.2, -0.15) is 4.31 Å². The quantitative estimate of drug-likeness (QED) is 0.200. The normalized spacial score (nSPS) is 24.6. The molecule has 0 radical (unpaired) electrons. The molecule has 3 aromatic rings. The van der Waals surface area contributed by atoms with E-state index in [9.17, 15) is 33.8 Å². The molecule has 1 aliphatic heterocycles. The number of nitrogens with one attached hydrogen (secondary N) is 1. The Morgan fingerprint density at radius 3 is 2.49 bits per heavy atom. The number of para-hydroxylation sites is 1. The van der Waals surface area contributed by atoms with Crippen LogP contribution < -0.4 is 11.2 Å². The predicted octanol–water partition coefficient (Wildman–Crippen LogP) is -0.615. The van der Waals surface area contributed by atoms with E-state index in [0.717, 1.165) is 32.3 Å². The molecule has 2 unspecified atom stereocenters. The zero-order valence-electron chi connectivity index (χ0n) is 17.6. The number of aliphatic hydroxyl groups excluding tert-OH is 2. The summed E-state index contributed by atoms with van der Waals surface area (Å²) in [6.45, 7) is -1.03. The van der Waals surface area contributed by atoms with Gasteiger partial charge in [-0.25, -0.2) is 13.9 Å². The van der Waals surface area contributed by atoms with Crippen molar-refractivity contribution in [1.29, 1.82) is 0 Å². The molecule has 5 atom stereocenters. The molecule has 0 bridgehead atoms. The number of H-pyrrole nitrogens is 1. The molecule has 1 aliphatic rings. The first-order valence-electron chi connectivity index (χ1n) is 9.99. The highest BCUT2D eigenvalue weighted by Gasteiger charge is 2.46. The van der Waals surface area contributed by atoms with Crippen molar-refractivity contribution in [2.45, 2.75) is 31.1 Å². The molecule has 0 aliphatic carbocycles. The van der Waals surface area contributed by atoms with Crippen molar-refractivity contribution in [3.8, 4) is 0 Å². The van der Waals surface area contributed by atoms with Gasteiger partial charge >= 0.3 is 21.3 Å². The van der Waals surface area contributed by atoms with Gasteiger partial charge < -0.3 is 34.6 Å². The average Bonchev–Trinajstić information content (AvgIpc) is 3.30. The van der Waals surface area contributed by atoms with Crippen LogP contribution >= 0.6 is 15.6 Å². The lowest BCUT2D eigenvalue weighted by Gasteiger charge is -2.19. The van der Waals surface area contributed by atoms with E-state index in [0.29, 0.717) is 5.56 Å². The van der Waals surface area contributed by atoms with Crippen LogP contribution in [-0.2, 0) is 29.2 Å². The molecule has 6 N–H and O–H groups in total. The zero-order valence-corrected chi connectivity index (χ0v) is 19.4. The minimum atomic E-state index is -5.36. The van der Waals surface area contributed by atoms with E-state index in [1.807, 2.05) is 18.2 Å². The summed E-state index contributed by atoms with van der Waals surface area (Å²) in [6.07, 6.45) is -3.73. The van der Waals surface area contributed by atoms with Crippen molar-refractivity contribution in [3.05, 3.63) is 69.1 Å².